The first-order chi connectivity index (χ1) is 17.0. The van der Waals surface area contributed by atoms with Crippen LogP contribution in [0.2, 0.25) is 0 Å². The molecule has 0 aliphatic carbocycles. The van der Waals surface area contributed by atoms with E-state index in [4.69, 9.17) is 9.47 Å². The Labute approximate surface area is 209 Å². The van der Waals surface area contributed by atoms with Crippen molar-refractivity contribution in [1.29, 1.82) is 0 Å². The SMILES string of the molecule is CCOc1ccc(-n2c(COc3ccccc3)nnc2SCC(=O)Nc2ccc(C)c(C)c2)cc1. The van der Waals surface area contributed by atoms with Crippen molar-refractivity contribution in [3.63, 3.8) is 0 Å². The molecule has 0 spiro atoms. The average Bonchev–Trinajstić information content (AvgIpc) is 3.28. The zero-order chi connectivity index (χ0) is 24.6. The van der Waals surface area contributed by atoms with Crippen molar-refractivity contribution in [3.05, 3.63) is 89.7 Å². The van der Waals surface area contributed by atoms with Gasteiger partial charge in [0.15, 0.2) is 11.0 Å². The van der Waals surface area contributed by atoms with Gasteiger partial charge in [-0.2, -0.15) is 0 Å². The van der Waals surface area contributed by atoms with Gasteiger partial charge < -0.3 is 14.8 Å². The van der Waals surface area contributed by atoms with Crippen LogP contribution in [-0.2, 0) is 11.4 Å². The highest BCUT2D eigenvalue weighted by Crippen LogP contribution is 2.25. The molecule has 4 rings (SSSR count). The fourth-order valence-corrected chi connectivity index (χ4v) is 4.19. The van der Waals surface area contributed by atoms with Crippen molar-refractivity contribution >= 4 is 23.4 Å². The number of hydrogen-bond donors (Lipinski definition) is 1. The van der Waals surface area contributed by atoms with Crippen molar-refractivity contribution in [2.24, 2.45) is 0 Å². The number of anilines is 1. The van der Waals surface area contributed by atoms with Crippen molar-refractivity contribution in [1.82, 2.24) is 14.8 Å². The smallest absolute Gasteiger partial charge is 0.234 e. The second kappa shape index (κ2) is 11.6. The van der Waals surface area contributed by atoms with Gasteiger partial charge in [-0.25, -0.2) is 0 Å². The molecular formula is C27H28N4O3S. The molecule has 1 N–H and O–H groups in total. The topological polar surface area (TPSA) is 78.3 Å². The molecule has 0 bridgehead atoms. The van der Waals surface area contributed by atoms with E-state index in [1.54, 1.807) is 0 Å². The Kier molecular flexibility index (Phi) is 8.05. The molecule has 0 fully saturated rings. The van der Waals surface area contributed by atoms with Crippen LogP contribution in [0.15, 0.2) is 78.0 Å². The summed E-state index contributed by atoms with van der Waals surface area (Å²) in [6.45, 7) is 6.85. The Bertz CT molecular complexity index is 1270. The fourth-order valence-electron chi connectivity index (χ4n) is 3.42. The zero-order valence-corrected chi connectivity index (χ0v) is 20.8. The molecule has 0 unspecified atom stereocenters. The molecule has 0 aliphatic rings. The number of ether oxygens (including phenoxy) is 2. The Balaban J connectivity index is 1.51. The summed E-state index contributed by atoms with van der Waals surface area (Å²) in [6.07, 6.45) is 0. The number of nitrogens with zero attached hydrogens (tertiary/aromatic N) is 3. The van der Waals surface area contributed by atoms with Gasteiger partial charge in [0.05, 0.1) is 12.4 Å². The van der Waals surface area contributed by atoms with Crippen LogP contribution < -0.4 is 14.8 Å². The third kappa shape index (κ3) is 6.42. The number of rotatable bonds is 10. The van der Waals surface area contributed by atoms with Gasteiger partial charge >= 0.3 is 0 Å². The van der Waals surface area contributed by atoms with Gasteiger partial charge in [-0.15, -0.1) is 10.2 Å². The van der Waals surface area contributed by atoms with Gasteiger partial charge in [-0.1, -0.05) is 36.0 Å². The summed E-state index contributed by atoms with van der Waals surface area (Å²) in [5.74, 6) is 2.25. The minimum Gasteiger partial charge on any atom is -0.494 e. The van der Waals surface area contributed by atoms with Gasteiger partial charge in [0.25, 0.3) is 0 Å². The van der Waals surface area contributed by atoms with Crippen LogP contribution in [0, 0.1) is 13.8 Å². The molecule has 35 heavy (non-hydrogen) atoms. The molecule has 8 heteroatoms. The lowest BCUT2D eigenvalue weighted by atomic mass is 10.1. The largest absolute Gasteiger partial charge is 0.494 e. The predicted molar refractivity (Wildman–Crippen MR) is 139 cm³/mol. The quantitative estimate of drug-likeness (QED) is 0.293. The summed E-state index contributed by atoms with van der Waals surface area (Å²) in [6, 6.07) is 23.1. The van der Waals surface area contributed by atoms with Gasteiger partial charge in [-0.05, 0) is 80.4 Å². The van der Waals surface area contributed by atoms with Crippen molar-refractivity contribution in [2.75, 3.05) is 17.7 Å². The van der Waals surface area contributed by atoms with E-state index >= 15 is 0 Å². The maximum atomic E-state index is 12.6. The first-order valence-electron chi connectivity index (χ1n) is 11.4. The number of amides is 1. The fraction of sp³-hybridized carbons (Fsp3) is 0.222. The summed E-state index contributed by atoms with van der Waals surface area (Å²) in [5.41, 5.74) is 3.96. The summed E-state index contributed by atoms with van der Waals surface area (Å²) >= 11 is 1.32. The molecule has 1 heterocycles. The minimum atomic E-state index is -0.110. The molecule has 3 aromatic carbocycles. The van der Waals surface area contributed by atoms with Crippen LogP contribution >= 0.6 is 11.8 Å². The van der Waals surface area contributed by atoms with E-state index in [9.17, 15) is 4.79 Å². The summed E-state index contributed by atoms with van der Waals surface area (Å²) in [4.78, 5) is 12.6. The Hall–Kier alpha value is -3.78. The van der Waals surface area contributed by atoms with Gasteiger partial charge in [-0.3, -0.25) is 9.36 Å². The first-order valence-corrected chi connectivity index (χ1v) is 12.4. The summed E-state index contributed by atoms with van der Waals surface area (Å²) < 4.78 is 13.4. The number of benzene rings is 3. The van der Waals surface area contributed by atoms with E-state index in [1.807, 2.05) is 98.1 Å². The molecular weight excluding hydrogens is 460 g/mol. The van der Waals surface area contributed by atoms with Crippen molar-refractivity contribution in [2.45, 2.75) is 32.5 Å². The molecule has 180 valence electrons. The van der Waals surface area contributed by atoms with E-state index in [0.29, 0.717) is 17.6 Å². The molecule has 0 saturated carbocycles. The van der Waals surface area contributed by atoms with Crippen molar-refractivity contribution < 1.29 is 14.3 Å². The zero-order valence-electron chi connectivity index (χ0n) is 20.0. The van der Waals surface area contributed by atoms with E-state index in [0.717, 1.165) is 28.4 Å². The maximum absolute atomic E-state index is 12.6. The van der Waals surface area contributed by atoms with Crippen LogP contribution in [-0.4, -0.2) is 33.0 Å². The molecule has 4 aromatic rings. The molecule has 0 aliphatic heterocycles. The van der Waals surface area contributed by atoms with Crippen LogP contribution in [0.1, 0.15) is 23.9 Å². The predicted octanol–water partition coefficient (Wildman–Crippen LogP) is 5.59. The molecule has 0 saturated heterocycles. The van der Waals surface area contributed by atoms with Crippen LogP contribution in [0.3, 0.4) is 0 Å². The highest BCUT2D eigenvalue weighted by molar-refractivity contribution is 7.99. The van der Waals surface area contributed by atoms with E-state index in [2.05, 4.69) is 15.5 Å². The maximum Gasteiger partial charge on any atom is 0.234 e. The van der Waals surface area contributed by atoms with Crippen LogP contribution in [0.5, 0.6) is 11.5 Å². The summed E-state index contributed by atoms with van der Waals surface area (Å²) in [7, 11) is 0. The Morgan fingerprint density at radius 1 is 0.914 bits per heavy atom. The lowest BCUT2D eigenvalue weighted by Crippen LogP contribution is -2.15. The van der Waals surface area contributed by atoms with Gasteiger partial charge in [0, 0.05) is 11.4 Å². The number of carbonyl (C=O) groups is 1. The normalized spacial score (nSPS) is 10.7. The monoisotopic (exact) mass is 488 g/mol. The molecule has 1 aromatic heterocycles. The second-order valence-electron chi connectivity index (χ2n) is 7.90. The lowest BCUT2D eigenvalue weighted by molar-refractivity contribution is -0.113. The number of thioether (sulfide) groups is 1. The second-order valence-corrected chi connectivity index (χ2v) is 8.84. The molecule has 7 nitrogen and oxygen atoms in total. The van der Waals surface area contributed by atoms with E-state index in [1.165, 1.54) is 17.3 Å². The Morgan fingerprint density at radius 2 is 1.66 bits per heavy atom. The Morgan fingerprint density at radius 3 is 2.37 bits per heavy atom. The number of hydrogen-bond acceptors (Lipinski definition) is 6. The van der Waals surface area contributed by atoms with Crippen LogP contribution in [0.25, 0.3) is 5.69 Å². The highest BCUT2D eigenvalue weighted by Gasteiger charge is 2.17. The van der Waals surface area contributed by atoms with E-state index < -0.39 is 0 Å². The first kappa shape index (κ1) is 24.3. The summed E-state index contributed by atoms with van der Waals surface area (Å²) in [5, 5.41) is 12.3. The molecule has 1 amide bonds. The molecule has 0 radical (unpaired) electrons. The van der Waals surface area contributed by atoms with Gasteiger partial charge in [0.1, 0.15) is 18.1 Å². The lowest BCUT2D eigenvalue weighted by Gasteiger charge is -2.12. The van der Waals surface area contributed by atoms with Crippen LogP contribution in [0.4, 0.5) is 5.69 Å². The number of aryl methyl sites for hydroxylation is 2. The van der Waals surface area contributed by atoms with Crippen molar-refractivity contribution in [3.8, 4) is 17.2 Å². The number of carbonyl (C=O) groups excluding carboxylic acids is 1. The number of aromatic nitrogens is 3. The minimum absolute atomic E-state index is 0.110. The third-order valence-electron chi connectivity index (χ3n) is 5.34. The third-order valence-corrected chi connectivity index (χ3v) is 6.27. The molecule has 0 atom stereocenters. The number of nitrogens with one attached hydrogen (secondary N) is 1. The highest BCUT2D eigenvalue weighted by atomic mass is 32.2. The van der Waals surface area contributed by atoms with Gasteiger partial charge in [0.2, 0.25) is 5.91 Å². The van der Waals surface area contributed by atoms with E-state index in [-0.39, 0.29) is 18.3 Å². The standard InChI is InChI=1S/C27H28N4O3S/c1-4-33-24-14-12-22(13-15-24)31-25(17-34-23-8-6-5-7-9-23)29-30-27(31)35-18-26(32)28-21-11-10-19(2)20(3)16-21/h5-16H,4,17-18H2,1-3H3,(H,28,32). The average molecular weight is 489 g/mol. The number of para-hydroxylation sites is 1.